The monoisotopic (exact) mass is 223 g/mol. The molecule has 0 spiro atoms. The normalized spacial score (nSPS) is 11.6. The Bertz CT molecular complexity index is 337. The third kappa shape index (κ3) is 3.38. The highest BCUT2D eigenvalue weighted by molar-refractivity contribution is 5.45. The summed E-state index contributed by atoms with van der Waals surface area (Å²) in [5.74, 6) is 0.632. The molecule has 1 heterocycles. The number of rotatable bonds is 5. The van der Waals surface area contributed by atoms with E-state index in [4.69, 9.17) is 4.74 Å². The number of nitrogens with one attached hydrogen (secondary N) is 1. The Kier molecular flexibility index (Phi) is 4.12. The molecular formula is C12H21N3O. The summed E-state index contributed by atoms with van der Waals surface area (Å²) >= 11 is 0. The van der Waals surface area contributed by atoms with Crippen LogP contribution >= 0.6 is 0 Å². The van der Waals surface area contributed by atoms with Crippen molar-refractivity contribution in [2.45, 2.75) is 19.4 Å². The summed E-state index contributed by atoms with van der Waals surface area (Å²) in [6, 6.07) is 3.83. The van der Waals surface area contributed by atoms with Gasteiger partial charge in [-0.3, -0.25) is 0 Å². The maximum Gasteiger partial charge on any atom is 0.214 e. The number of hydrogen-bond donors (Lipinski definition) is 1. The molecular weight excluding hydrogens is 202 g/mol. The zero-order chi connectivity index (χ0) is 12.2. The van der Waals surface area contributed by atoms with Gasteiger partial charge in [0.05, 0.1) is 7.11 Å². The summed E-state index contributed by atoms with van der Waals surface area (Å²) in [5.41, 5.74) is 1.14. The van der Waals surface area contributed by atoms with Crippen LogP contribution in [-0.4, -0.2) is 43.2 Å². The van der Waals surface area contributed by atoms with Crippen molar-refractivity contribution in [2.24, 2.45) is 0 Å². The van der Waals surface area contributed by atoms with E-state index in [9.17, 15) is 0 Å². The highest BCUT2D eigenvalue weighted by Crippen LogP contribution is 2.16. The molecule has 0 aliphatic heterocycles. The minimum Gasteiger partial charge on any atom is -0.481 e. The summed E-state index contributed by atoms with van der Waals surface area (Å²) in [7, 11) is 5.78. The number of likely N-dealkylation sites (N-methyl/N-ethyl adjacent to an activating group) is 1. The van der Waals surface area contributed by atoms with E-state index in [1.165, 1.54) is 0 Å². The lowest BCUT2D eigenvalue weighted by Crippen LogP contribution is -2.44. The van der Waals surface area contributed by atoms with Gasteiger partial charge in [0.25, 0.3) is 0 Å². The quantitative estimate of drug-likeness (QED) is 0.826. The first-order chi connectivity index (χ1) is 7.45. The van der Waals surface area contributed by atoms with Crippen LogP contribution in [0.3, 0.4) is 0 Å². The molecule has 0 bridgehead atoms. The zero-order valence-corrected chi connectivity index (χ0v) is 10.7. The van der Waals surface area contributed by atoms with Crippen LogP contribution in [0.25, 0.3) is 0 Å². The van der Waals surface area contributed by atoms with Crippen LogP contribution in [-0.2, 0) is 0 Å². The molecule has 0 amide bonds. The SMILES string of the molecule is COc1cc(NCC(C)(C)N(C)C)ccn1. The van der Waals surface area contributed by atoms with Crippen LogP contribution in [0.1, 0.15) is 13.8 Å². The summed E-state index contributed by atoms with van der Waals surface area (Å²) in [6.07, 6.45) is 1.74. The van der Waals surface area contributed by atoms with Gasteiger partial charge in [-0.25, -0.2) is 4.98 Å². The maximum atomic E-state index is 5.07. The smallest absolute Gasteiger partial charge is 0.214 e. The van der Waals surface area contributed by atoms with Gasteiger partial charge in [-0.2, -0.15) is 0 Å². The molecule has 1 N–H and O–H groups in total. The first kappa shape index (κ1) is 12.8. The summed E-state index contributed by atoms with van der Waals surface area (Å²) in [5, 5.41) is 3.38. The molecule has 90 valence electrons. The lowest BCUT2D eigenvalue weighted by atomic mass is 10.0. The maximum absolute atomic E-state index is 5.07. The molecule has 0 fully saturated rings. The first-order valence-electron chi connectivity index (χ1n) is 5.37. The largest absolute Gasteiger partial charge is 0.481 e. The van der Waals surface area contributed by atoms with E-state index in [2.05, 4.69) is 43.1 Å². The first-order valence-corrected chi connectivity index (χ1v) is 5.37. The summed E-state index contributed by atoms with van der Waals surface area (Å²) in [4.78, 5) is 6.26. The molecule has 1 aromatic heterocycles. The number of pyridine rings is 1. The average Bonchev–Trinajstić information content (AvgIpc) is 2.26. The van der Waals surface area contributed by atoms with Gasteiger partial charge in [0.1, 0.15) is 0 Å². The second kappa shape index (κ2) is 5.16. The number of aromatic nitrogens is 1. The van der Waals surface area contributed by atoms with Crippen LogP contribution in [0.4, 0.5) is 5.69 Å². The lowest BCUT2D eigenvalue weighted by Gasteiger charge is -2.33. The fourth-order valence-electron chi connectivity index (χ4n) is 1.11. The van der Waals surface area contributed by atoms with Crippen molar-refractivity contribution < 1.29 is 4.74 Å². The van der Waals surface area contributed by atoms with Crippen LogP contribution in [0.2, 0.25) is 0 Å². The minimum atomic E-state index is 0.108. The van der Waals surface area contributed by atoms with Gasteiger partial charge in [0.15, 0.2) is 0 Å². The molecule has 0 saturated carbocycles. The molecule has 4 heteroatoms. The van der Waals surface area contributed by atoms with Gasteiger partial charge in [0.2, 0.25) is 5.88 Å². The van der Waals surface area contributed by atoms with Crippen molar-refractivity contribution in [1.29, 1.82) is 0 Å². The van der Waals surface area contributed by atoms with E-state index < -0.39 is 0 Å². The zero-order valence-electron chi connectivity index (χ0n) is 10.7. The second-order valence-electron chi connectivity index (χ2n) is 4.65. The van der Waals surface area contributed by atoms with E-state index in [0.717, 1.165) is 12.2 Å². The van der Waals surface area contributed by atoms with Gasteiger partial charge < -0.3 is 15.0 Å². The van der Waals surface area contributed by atoms with Crippen molar-refractivity contribution in [3.05, 3.63) is 18.3 Å². The number of methoxy groups -OCH3 is 1. The van der Waals surface area contributed by atoms with Crippen molar-refractivity contribution in [3.8, 4) is 5.88 Å². The van der Waals surface area contributed by atoms with Crippen molar-refractivity contribution in [1.82, 2.24) is 9.88 Å². The predicted molar refractivity (Wildman–Crippen MR) is 67.0 cm³/mol. The van der Waals surface area contributed by atoms with E-state index >= 15 is 0 Å². The van der Waals surface area contributed by atoms with E-state index in [1.54, 1.807) is 13.3 Å². The molecule has 1 aromatic rings. The predicted octanol–water partition coefficient (Wildman–Crippen LogP) is 1.84. The Morgan fingerprint density at radius 2 is 2.12 bits per heavy atom. The highest BCUT2D eigenvalue weighted by Gasteiger charge is 2.19. The van der Waals surface area contributed by atoms with E-state index in [0.29, 0.717) is 5.88 Å². The Morgan fingerprint density at radius 1 is 1.44 bits per heavy atom. The summed E-state index contributed by atoms with van der Waals surface area (Å²) < 4.78 is 5.07. The van der Waals surface area contributed by atoms with Crippen LogP contribution < -0.4 is 10.1 Å². The highest BCUT2D eigenvalue weighted by atomic mass is 16.5. The molecule has 0 aromatic carbocycles. The Labute approximate surface area is 97.6 Å². The van der Waals surface area contributed by atoms with Crippen LogP contribution in [0, 0.1) is 0 Å². The second-order valence-corrected chi connectivity index (χ2v) is 4.65. The fourth-order valence-corrected chi connectivity index (χ4v) is 1.11. The summed E-state index contributed by atoms with van der Waals surface area (Å²) in [6.45, 7) is 5.25. The van der Waals surface area contributed by atoms with Gasteiger partial charge in [-0.05, 0) is 34.0 Å². The molecule has 0 saturated heterocycles. The van der Waals surface area contributed by atoms with Crippen molar-refractivity contribution >= 4 is 5.69 Å². The fraction of sp³-hybridized carbons (Fsp3) is 0.583. The third-order valence-corrected chi connectivity index (χ3v) is 2.88. The molecule has 0 radical (unpaired) electrons. The Balaban J connectivity index is 2.60. The van der Waals surface area contributed by atoms with Gasteiger partial charge >= 0.3 is 0 Å². The van der Waals surface area contributed by atoms with Crippen molar-refractivity contribution in [2.75, 3.05) is 33.1 Å². The Hall–Kier alpha value is -1.29. The number of anilines is 1. The number of hydrogen-bond acceptors (Lipinski definition) is 4. The van der Waals surface area contributed by atoms with Gasteiger partial charge in [-0.1, -0.05) is 0 Å². The third-order valence-electron chi connectivity index (χ3n) is 2.88. The van der Waals surface area contributed by atoms with Gasteiger partial charge in [0, 0.05) is 30.0 Å². The molecule has 0 atom stereocenters. The number of nitrogens with zero attached hydrogens (tertiary/aromatic N) is 2. The molecule has 16 heavy (non-hydrogen) atoms. The molecule has 4 nitrogen and oxygen atoms in total. The molecule has 1 rings (SSSR count). The molecule has 0 aliphatic rings. The van der Waals surface area contributed by atoms with Crippen LogP contribution in [0.5, 0.6) is 5.88 Å². The number of ether oxygens (including phenoxy) is 1. The average molecular weight is 223 g/mol. The minimum absolute atomic E-state index is 0.108. The standard InChI is InChI=1S/C12H21N3O/c1-12(2,15(3)4)9-14-10-6-7-13-11(8-10)16-5/h6-8H,9H2,1-5H3,(H,13,14). The van der Waals surface area contributed by atoms with Crippen molar-refractivity contribution in [3.63, 3.8) is 0 Å². The molecule has 0 unspecified atom stereocenters. The molecule has 0 aliphatic carbocycles. The van der Waals surface area contributed by atoms with E-state index in [1.807, 2.05) is 12.1 Å². The Morgan fingerprint density at radius 3 is 2.69 bits per heavy atom. The lowest BCUT2D eigenvalue weighted by molar-refractivity contribution is 0.210. The van der Waals surface area contributed by atoms with Crippen LogP contribution in [0.15, 0.2) is 18.3 Å². The van der Waals surface area contributed by atoms with E-state index in [-0.39, 0.29) is 5.54 Å². The van der Waals surface area contributed by atoms with Gasteiger partial charge in [-0.15, -0.1) is 0 Å². The topological polar surface area (TPSA) is 37.4 Å².